The molecule has 1 saturated heterocycles. The Labute approximate surface area is 205 Å². The molecule has 0 spiro atoms. The summed E-state index contributed by atoms with van der Waals surface area (Å²) in [5, 5.41) is 4.11. The van der Waals surface area contributed by atoms with Gasteiger partial charge in [0, 0.05) is 22.3 Å². The van der Waals surface area contributed by atoms with E-state index in [4.69, 9.17) is 11.6 Å². The van der Waals surface area contributed by atoms with Gasteiger partial charge in [-0.05, 0) is 113 Å². The van der Waals surface area contributed by atoms with Crippen LogP contribution in [0.25, 0.3) is 11.6 Å². The number of nitrogens with one attached hydrogen (secondary N) is 1. The molecule has 2 aromatic carbocycles. The second-order valence-electron chi connectivity index (χ2n) is 9.54. The number of amides is 1. The van der Waals surface area contributed by atoms with E-state index in [9.17, 15) is 4.79 Å². The molecule has 0 radical (unpaired) electrons. The van der Waals surface area contributed by atoms with E-state index in [0.717, 1.165) is 22.4 Å². The van der Waals surface area contributed by atoms with Crippen molar-refractivity contribution in [2.45, 2.75) is 60.0 Å². The summed E-state index contributed by atoms with van der Waals surface area (Å²) in [6, 6.07) is 10.4. The predicted molar refractivity (Wildman–Crippen MR) is 144 cm³/mol. The van der Waals surface area contributed by atoms with E-state index in [2.05, 4.69) is 75.0 Å². The third kappa shape index (κ3) is 4.49. The average Bonchev–Trinajstić information content (AvgIpc) is 3.04. The second kappa shape index (κ2) is 8.69. The highest BCUT2D eigenvalue weighted by Gasteiger charge is 2.33. The Kier molecular flexibility index (Phi) is 6.23. The van der Waals surface area contributed by atoms with Gasteiger partial charge in [0.05, 0.1) is 16.1 Å². The number of carbonyl (C=O) groups excluding carboxylic acids is 1. The molecule has 4 nitrogen and oxygen atoms in total. The van der Waals surface area contributed by atoms with Crippen molar-refractivity contribution in [1.29, 1.82) is 0 Å². The van der Waals surface area contributed by atoms with Crippen LogP contribution >= 0.6 is 23.4 Å². The fraction of sp³-hybridized carbons (Fsp3) is 0.333. The van der Waals surface area contributed by atoms with E-state index in [-0.39, 0.29) is 11.4 Å². The van der Waals surface area contributed by atoms with Crippen molar-refractivity contribution in [3.63, 3.8) is 0 Å². The Balaban J connectivity index is 1.71. The molecule has 0 unspecified atom stereocenters. The second-order valence-corrected chi connectivity index (χ2v) is 11.0. The first kappa shape index (κ1) is 23.7. The number of halogens is 1. The number of hydrogen-bond donors (Lipinski definition) is 1. The van der Waals surface area contributed by atoms with E-state index in [1.165, 1.54) is 28.6 Å². The van der Waals surface area contributed by atoms with E-state index >= 15 is 0 Å². The molecule has 0 aromatic heterocycles. The average molecular weight is 480 g/mol. The lowest BCUT2D eigenvalue weighted by Crippen LogP contribution is -2.49. The van der Waals surface area contributed by atoms with Crippen molar-refractivity contribution in [2.24, 2.45) is 4.99 Å². The van der Waals surface area contributed by atoms with Crippen LogP contribution in [0, 0.1) is 13.8 Å². The molecule has 0 saturated carbocycles. The van der Waals surface area contributed by atoms with Gasteiger partial charge in [-0.2, -0.15) is 0 Å². The highest BCUT2D eigenvalue weighted by Crippen LogP contribution is 2.42. The zero-order chi connectivity index (χ0) is 24.1. The van der Waals surface area contributed by atoms with Gasteiger partial charge in [0.1, 0.15) is 0 Å². The van der Waals surface area contributed by atoms with Crippen molar-refractivity contribution in [2.75, 3.05) is 4.90 Å². The van der Waals surface area contributed by atoms with Crippen LogP contribution in [-0.4, -0.2) is 22.7 Å². The summed E-state index contributed by atoms with van der Waals surface area (Å²) >= 11 is 7.57. The SMILES string of the molecule is CC1=CC(C)(C)N(C(C)C)c2cc(C)c(/C=C3\SC(=Nc4cccc(Cl)c4C)NC3=O)cc21. The van der Waals surface area contributed by atoms with Crippen LogP contribution in [0.2, 0.25) is 5.02 Å². The van der Waals surface area contributed by atoms with Gasteiger partial charge >= 0.3 is 0 Å². The Hall–Kier alpha value is -2.50. The number of rotatable bonds is 3. The highest BCUT2D eigenvalue weighted by atomic mass is 35.5. The molecule has 4 rings (SSSR count). The third-order valence-electron chi connectivity index (χ3n) is 6.17. The van der Waals surface area contributed by atoms with Crippen LogP contribution in [0.4, 0.5) is 11.4 Å². The zero-order valence-corrected chi connectivity index (χ0v) is 21.8. The molecular formula is C27H30ClN3OS. The molecular weight excluding hydrogens is 450 g/mol. The normalized spacial score (nSPS) is 19.8. The lowest BCUT2D eigenvalue weighted by Gasteiger charge is -2.46. The fourth-order valence-electron chi connectivity index (χ4n) is 4.76. The van der Waals surface area contributed by atoms with Gasteiger partial charge < -0.3 is 10.2 Å². The van der Waals surface area contributed by atoms with Gasteiger partial charge in [-0.15, -0.1) is 0 Å². The minimum absolute atomic E-state index is 0.0529. The maximum Gasteiger partial charge on any atom is 0.264 e. The lowest BCUT2D eigenvalue weighted by atomic mass is 9.86. The first-order chi connectivity index (χ1) is 15.5. The number of amidine groups is 1. The Morgan fingerprint density at radius 1 is 1.18 bits per heavy atom. The van der Waals surface area contributed by atoms with Crippen molar-refractivity contribution >= 4 is 57.5 Å². The number of anilines is 1. The first-order valence-electron chi connectivity index (χ1n) is 11.2. The molecule has 1 N–H and O–H groups in total. The van der Waals surface area contributed by atoms with Crippen molar-refractivity contribution in [1.82, 2.24) is 5.32 Å². The van der Waals surface area contributed by atoms with E-state index in [1.807, 2.05) is 31.2 Å². The monoisotopic (exact) mass is 479 g/mol. The van der Waals surface area contributed by atoms with E-state index < -0.39 is 0 Å². The molecule has 1 amide bonds. The predicted octanol–water partition coefficient (Wildman–Crippen LogP) is 7.26. The van der Waals surface area contributed by atoms with Crippen LogP contribution < -0.4 is 10.2 Å². The molecule has 2 aliphatic heterocycles. The molecule has 1 fully saturated rings. The Morgan fingerprint density at radius 3 is 2.61 bits per heavy atom. The summed E-state index contributed by atoms with van der Waals surface area (Å²) < 4.78 is 0. The number of nitrogens with zero attached hydrogens (tertiary/aromatic N) is 2. The van der Waals surface area contributed by atoms with Crippen molar-refractivity contribution in [3.05, 3.63) is 68.6 Å². The van der Waals surface area contributed by atoms with Gasteiger partial charge in [-0.1, -0.05) is 23.7 Å². The van der Waals surface area contributed by atoms with Crippen LogP contribution in [-0.2, 0) is 4.79 Å². The van der Waals surface area contributed by atoms with Crippen molar-refractivity contribution < 1.29 is 4.79 Å². The molecule has 0 aliphatic carbocycles. The van der Waals surface area contributed by atoms with Gasteiger partial charge in [-0.3, -0.25) is 4.79 Å². The maximum atomic E-state index is 12.7. The van der Waals surface area contributed by atoms with Crippen LogP contribution in [0.3, 0.4) is 0 Å². The number of benzene rings is 2. The maximum absolute atomic E-state index is 12.7. The first-order valence-corrected chi connectivity index (χ1v) is 12.4. The number of fused-ring (bicyclic) bond motifs is 1. The summed E-state index contributed by atoms with van der Waals surface area (Å²) in [4.78, 5) is 20.4. The summed E-state index contributed by atoms with van der Waals surface area (Å²) in [6.45, 7) is 15.2. The van der Waals surface area contributed by atoms with E-state index in [1.54, 1.807) is 0 Å². The third-order valence-corrected chi connectivity index (χ3v) is 7.49. The molecule has 172 valence electrons. The largest absolute Gasteiger partial charge is 0.360 e. The standard InChI is InChI=1S/C27H30ClN3OS/c1-15(2)31-23-11-16(3)19(12-20(23)17(4)14-27(31,6)7)13-24-25(32)30-26(33-24)29-22-10-8-9-21(28)18(22)5/h8-15H,1-7H3,(H,29,30,32)/b24-13-. The number of allylic oxidation sites excluding steroid dienone is 1. The molecule has 6 heteroatoms. The van der Waals surface area contributed by atoms with Crippen LogP contribution in [0.5, 0.6) is 0 Å². The molecule has 0 atom stereocenters. The summed E-state index contributed by atoms with van der Waals surface area (Å²) in [7, 11) is 0. The van der Waals surface area contributed by atoms with Crippen molar-refractivity contribution in [3.8, 4) is 0 Å². The minimum atomic E-state index is -0.132. The Bertz CT molecular complexity index is 1240. The fourth-order valence-corrected chi connectivity index (χ4v) is 5.75. The summed E-state index contributed by atoms with van der Waals surface area (Å²) in [6.07, 6.45) is 4.30. The molecule has 0 bridgehead atoms. The highest BCUT2D eigenvalue weighted by molar-refractivity contribution is 8.18. The zero-order valence-electron chi connectivity index (χ0n) is 20.2. The lowest BCUT2D eigenvalue weighted by molar-refractivity contribution is -0.115. The van der Waals surface area contributed by atoms with Gasteiger partial charge in [0.2, 0.25) is 0 Å². The summed E-state index contributed by atoms with van der Waals surface area (Å²) in [5.74, 6) is -0.132. The minimum Gasteiger partial charge on any atom is -0.360 e. The topological polar surface area (TPSA) is 44.7 Å². The number of aliphatic imine (C=N–C) groups is 1. The molecule has 2 heterocycles. The summed E-state index contributed by atoms with van der Waals surface area (Å²) in [5.41, 5.74) is 7.50. The van der Waals surface area contributed by atoms with Crippen LogP contribution in [0.15, 0.2) is 46.3 Å². The number of hydrogen-bond acceptors (Lipinski definition) is 4. The van der Waals surface area contributed by atoms with Gasteiger partial charge in [0.25, 0.3) is 5.91 Å². The van der Waals surface area contributed by atoms with E-state index in [0.29, 0.717) is 21.1 Å². The smallest absolute Gasteiger partial charge is 0.264 e. The van der Waals surface area contributed by atoms with Crippen LogP contribution in [0.1, 0.15) is 56.9 Å². The number of thioether (sulfide) groups is 1. The molecule has 2 aliphatic rings. The number of carbonyl (C=O) groups is 1. The van der Waals surface area contributed by atoms with Gasteiger partial charge in [0.15, 0.2) is 5.17 Å². The Morgan fingerprint density at radius 2 is 1.91 bits per heavy atom. The number of aryl methyl sites for hydroxylation is 1. The molecule has 2 aromatic rings. The molecule has 33 heavy (non-hydrogen) atoms. The quantitative estimate of drug-likeness (QED) is 0.471. The van der Waals surface area contributed by atoms with Gasteiger partial charge in [-0.25, -0.2) is 4.99 Å².